The molecule has 0 amide bonds. The maximum Gasteiger partial charge on any atom is 0.126 e. The predicted octanol–water partition coefficient (Wildman–Crippen LogP) is 4.47. The SMILES string of the molecule is CCC(NC)c1ccc(-c2ccc(C)c(F)c2)cc1. The van der Waals surface area contributed by atoms with Crippen LogP contribution < -0.4 is 5.32 Å². The molecule has 0 aromatic heterocycles. The van der Waals surface area contributed by atoms with E-state index in [0.717, 1.165) is 17.5 Å². The van der Waals surface area contributed by atoms with E-state index in [1.807, 2.05) is 19.2 Å². The lowest BCUT2D eigenvalue weighted by Crippen LogP contribution is -2.14. The van der Waals surface area contributed by atoms with Gasteiger partial charge in [0.05, 0.1) is 0 Å². The van der Waals surface area contributed by atoms with Crippen molar-refractivity contribution in [2.45, 2.75) is 26.3 Å². The standard InChI is InChI=1S/C17H20FN/c1-4-17(19-3)14-9-7-13(8-10-14)15-6-5-12(2)16(18)11-15/h5-11,17,19H,4H2,1-3H3. The van der Waals surface area contributed by atoms with Crippen molar-refractivity contribution >= 4 is 0 Å². The van der Waals surface area contributed by atoms with Crippen molar-refractivity contribution in [1.29, 1.82) is 0 Å². The maximum absolute atomic E-state index is 13.6. The first-order chi connectivity index (χ1) is 9.15. The fourth-order valence-electron chi connectivity index (χ4n) is 2.29. The highest BCUT2D eigenvalue weighted by Gasteiger charge is 2.07. The van der Waals surface area contributed by atoms with E-state index in [9.17, 15) is 4.39 Å². The molecule has 2 aromatic rings. The Morgan fingerprint density at radius 1 is 1.05 bits per heavy atom. The summed E-state index contributed by atoms with van der Waals surface area (Å²) in [7, 11) is 1.97. The molecule has 1 atom stereocenters. The van der Waals surface area contributed by atoms with Gasteiger partial charge in [-0.1, -0.05) is 43.3 Å². The van der Waals surface area contributed by atoms with Gasteiger partial charge in [0.15, 0.2) is 0 Å². The lowest BCUT2D eigenvalue weighted by atomic mass is 9.99. The van der Waals surface area contributed by atoms with Gasteiger partial charge in [-0.05, 0) is 48.7 Å². The normalized spacial score (nSPS) is 12.4. The summed E-state index contributed by atoms with van der Waals surface area (Å²) in [6.07, 6.45) is 1.05. The van der Waals surface area contributed by atoms with Gasteiger partial charge in [0.25, 0.3) is 0 Å². The zero-order valence-electron chi connectivity index (χ0n) is 11.7. The Bertz CT molecular complexity index is 542. The van der Waals surface area contributed by atoms with E-state index < -0.39 is 0 Å². The van der Waals surface area contributed by atoms with Gasteiger partial charge in [-0.15, -0.1) is 0 Å². The van der Waals surface area contributed by atoms with E-state index >= 15 is 0 Å². The molecule has 19 heavy (non-hydrogen) atoms. The van der Waals surface area contributed by atoms with Crippen LogP contribution in [0.4, 0.5) is 4.39 Å². The van der Waals surface area contributed by atoms with E-state index in [0.29, 0.717) is 11.6 Å². The third kappa shape index (κ3) is 3.02. The second-order valence-electron chi connectivity index (χ2n) is 4.84. The van der Waals surface area contributed by atoms with Gasteiger partial charge in [-0.2, -0.15) is 0 Å². The first-order valence-electron chi connectivity index (χ1n) is 6.69. The highest BCUT2D eigenvalue weighted by Crippen LogP contribution is 2.24. The van der Waals surface area contributed by atoms with Crippen molar-refractivity contribution in [3.8, 4) is 11.1 Å². The highest BCUT2D eigenvalue weighted by atomic mass is 19.1. The Morgan fingerprint density at radius 2 is 1.68 bits per heavy atom. The molecular formula is C17H20FN. The fraction of sp³-hybridized carbons (Fsp3) is 0.294. The minimum atomic E-state index is -0.150. The van der Waals surface area contributed by atoms with Crippen LogP contribution in [0, 0.1) is 12.7 Å². The number of benzene rings is 2. The van der Waals surface area contributed by atoms with E-state index in [4.69, 9.17) is 0 Å². The van der Waals surface area contributed by atoms with E-state index in [-0.39, 0.29) is 5.82 Å². The molecule has 0 fully saturated rings. The van der Waals surface area contributed by atoms with Gasteiger partial charge < -0.3 is 5.32 Å². The topological polar surface area (TPSA) is 12.0 Å². The zero-order valence-corrected chi connectivity index (χ0v) is 11.7. The second kappa shape index (κ2) is 5.98. The molecule has 0 spiro atoms. The zero-order chi connectivity index (χ0) is 13.8. The molecule has 0 aliphatic heterocycles. The first-order valence-corrected chi connectivity index (χ1v) is 6.69. The van der Waals surface area contributed by atoms with E-state index in [1.165, 1.54) is 5.56 Å². The van der Waals surface area contributed by atoms with Crippen LogP contribution in [0.2, 0.25) is 0 Å². The first kappa shape index (κ1) is 13.8. The van der Waals surface area contributed by atoms with E-state index in [2.05, 4.69) is 36.5 Å². The predicted molar refractivity (Wildman–Crippen MR) is 78.7 cm³/mol. The molecule has 1 unspecified atom stereocenters. The molecule has 0 bridgehead atoms. The van der Waals surface area contributed by atoms with Crippen LogP contribution in [0.25, 0.3) is 11.1 Å². The molecule has 0 saturated heterocycles. The van der Waals surface area contributed by atoms with Crippen LogP contribution in [-0.4, -0.2) is 7.05 Å². The molecule has 0 radical (unpaired) electrons. The molecule has 0 heterocycles. The summed E-state index contributed by atoms with van der Waals surface area (Å²) in [6, 6.07) is 14.1. The van der Waals surface area contributed by atoms with Crippen LogP contribution in [0.15, 0.2) is 42.5 Å². The highest BCUT2D eigenvalue weighted by molar-refractivity contribution is 5.64. The van der Waals surface area contributed by atoms with Gasteiger partial charge in [-0.25, -0.2) is 4.39 Å². The lowest BCUT2D eigenvalue weighted by molar-refractivity contribution is 0.577. The monoisotopic (exact) mass is 257 g/mol. The number of rotatable bonds is 4. The van der Waals surface area contributed by atoms with Gasteiger partial charge >= 0.3 is 0 Å². The summed E-state index contributed by atoms with van der Waals surface area (Å²) in [5.41, 5.74) is 3.92. The quantitative estimate of drug-likeness (QED) is 0.852. The Hall–Kier alpha value is -1.67. The lowest BCUT2D eigenvalue weighted by Gasteiger charge is -2.14. The molecule has 0 aliphatic rings. The van der Waals surface area contributed by atoms with Crippen molar-refractivity contribution in [3.05, 3.63) is 59.4 Å². The minimum Gasteiger partial charge on any atom is -0.313 e. The van der Waals surface area contributed by atoms with Gasteiger partial charge in [-0.3, -0.25) is 0 Å². The maximum atomic E-state index is 13.6. The van der Waals surface area contributed by atoms with Crippen molar-refractivity contribution < 1.29 is 4.39 Å². The Kier molecular flexibility index (Phi) is 4.33. The largest absolute Gasteiger partial charge is 0.313 e. The van der Waals surface area contributed by atoms with Gasteiger partial charge in [0.2, 0.25) is 0 Å². The minimum absolute atomic E-state index is 0.150. The molecule has 1 nitrogen and oxygen atoms in total. The van der Waals surface area contributed by atoms with Crippen molar-refractivity contribution in [3.63, 3.8) is 0 Å². The summed E-state index contributed by atoms with van der Waals surface area (Å²) in [6.45, 7) is 3.94. The van der Waals surface area contributed by atoms with Gasteiger partial charge in [0.1, 0.15) is 5.82 Å². The molecule has 2 aromatic carbocycles. The van der Waals surface area contributed by atoms with Crippen molar-refractivity contribution in [2.24, 2.45) is 0 Å². The summed E-state index contributed by atoms with van der Waals surface area (Å²) in [5.74, 6) is -0.150. The van der Waals surface area contributed by atoms with Crippen molar-refractivity contribution in [1.82, 2.24) is 5.32 Å². The summed E-state index contributed by atoms with van der Waals surface area (Å²) < 4.78 is 13.6. The van der Waals surface area contributed by atoms with E-state index in [1.54, 1.807) is 13.0 Å². The molecule has 100 valence electrons. The Balaban J connectivity index is 2.29. The van der Waals surface area contributed by atoms with Crippen LogP contribution in [0.1, 0.15) is 30.5 Å². The van der Waals surface area contributed by atoms with Crippen LogP contribution in [0.5, 0.6) is 0 Å². The van der Waals surface area contributed by atoms with Crippen LogP contribution >= 0.6 is 0 Å². The van der Waals surface area contributed by atoms with Crippen molar-refractivity contribution in [2.75, 3.05) is 7.05 Å². The van der Waals surface area contributed by atoms with Crippen LogP contribution in [0.3, 0.4) is 0 Å². The number of aryl methyl sites for hydroxylation is 1. The third-order valence-electron chi connectivity index (χ3n) is 3.57. The number of nitrogens with one attached hydrogen (secondary N) is 1. The summed E-state index contributed by atoms with van der Waals surface area (Å²) in [4.78, 5) is 0. The number of hydrogen-bond acceptors (Lipinski definition) is 1. The fourth-order valence-corrected chi connectivity index (χ4v) is 2.29. The Labute approximate surface area is 114 Å². The van der Waals surface area contributed by atoms with Gasteiger partial charge in [0, 0.05) is 6.04 Å². The van der Waals surface area contributed by atoms with Crippen LogP contribution in [-0.2, 0) is 0 Å². The molecular weight excluding hydrogens is 237 g/mol. The molecule has 0 saturated carbocycles. The summed E-state index contributed by atoms with van der Waals surface area (Å²) in [5, 5.41) is 3.28. The average molecular weight is 257 g/mol. The second-order valence-corrected chi connectivity index (χ2v) is 4.84. The third-order valence-corrected chi connectivity index (χ3v) is 3.57. The number of hydrogen-bond donors (Lipinski definition) is 1. The smallest absolute Gasteiger partial charge is 0.126 e. The molecule has 1 N–H and O–H groups in total. The molecule has 0 aliphatic carbocycles. The molecule has 2 rings (SSSR count). The average Bonchev–Trinajstić information content (AvgIpc) is 2.44. The number of halogens is 1. The molecule has 2 heteroatoms. The summed E-state index contributed by atoms with van der Waals surface area (Å²) >= 11 is 0. The Morgan fingerprint density at radius 3 is 2.21 bits per heavy atom.